The highest BCUT2D eigenvalue weighted by molar-refractivity contribution is 5.77. The standard InChI is InChI=1S/C17H25NO2/c1-12-8-13(2)10-15(9-12)14(3)18-16(19)11-17(20)6-4-5-7-17/h8-10,14,20H,4-7,11H2,1-3H3,(H,18,19). The largest absolute Gasteiger partial charge is 0.389 e. The van der Waals surface area contributed by atoms with E-state index in [-0.39, 0.29) is 18.4 Å². The second kappa shape index (κ2) is 5.96. The lowest BCUT2D eigenvalue weighted by molar-refractivity contribution is -0.126. The van der Waals surface area contributed by atoms with Crippen LogP contribution in [-0.4, -0.2) is 16.6 Å². The first-order valence-electron chi connectivity index (χ1n) is 7.48. The van der Waals surface area contributed by atoms with Gasteiger partial charge in [-0.15, -0.1) is 0 Å². The van der Waals surface area contributed by atoms with E-state index in [1.165, 1.54) is 11.1 Å². The quantitative estimate of drug-likeness (QED) is 0.886. The molecule has 0 radical (unpaired) electrons. The van der Waals surface area contributed by atoms with Gasteiger partial charge in [0, 0.05) is 0 Å². The Balaban J connectivity index is 1.96. The lowest BCUT2D eigenvalue weighted by atomic mass is 9.97. The highest BCUT2D eigenvalue weighted by atomic mass is 16.3. The van der Waals surface area contributed by atoms with Crippen LogP contribution in [-0.2, 0) is 4.79 Å². The molecule has 2 rings (SSSR count). The van der Waals surface area contributed by atoms with E-state index in [4.69, 9.17) is 0 Å². The predicted molar refractivity (Wildman–Crippen MR) is 80.5 cm³/mol. The van der Waals surface area contributed by atoms with E-state index in [9.17, 15) is 9.90 Å². The number of aryl methyl sites for hydroxylation is 2. The average Bonchev–Trinajstić information content (AvgIpc) is 2.73. The van der Waals surface area contributed by atoms with Crippen LogP contribution in [0.15, 0.2) is 18.2 Å². The first kappa shape index (κ1) is 15.0. The first-order chi connectivity index (χ1) is 9.38. The number of hydrogen-bond donors (Lipinski definition) is 2. The summed E-state index contributed by atoms with van der Waals surface area (Å²) in [4.78, 5) is 12.1. The molecule has 1 amide bonds. The van der Waals surface area contributed by atoms with E-state index in [2.05, 4.69) is 37.4 Å². The van der Waals surface area contributed by atoms with Gasteiger partial charge in [0.1, 0.15) is 0 Å². The number of amides is 1. The Morgan fingerprint density at radius 1 is 1.25 bits per heavy atom. The Hall–Kier alpha value is -1.35. The summed E-state index contributed by atoms with van der Waals surface area (Å²) < 4.78 is 0. The second-order valence-electron chi connectivity index (χ2n) is 6.32. The fraction of sp³-hybridized carbons (Fsp3) is 0.588. The summed E-state index contributed by atoms with van der Waals surface area (Å²) in [5.74, 6) is -0.0546. The number of nitrogens with one attached hydrogen (secondary N) is 1. The number of benzene rings is 1. The lowest BCUT2D eigenvalue weighted by Crippen LogP contribution is -2.35. The minimum Gasteiger partial charge on any atom is -0.389 e. The number of hydrogen-bond acceptors (Lipinski definition) is 2. The lowest BCUT2D eigenvalue weighted by Gasteiger charge is -2.23. The van der Waals surface area contributed by atoms with E-state index in [1.54, 1.807) is 0 Å². The first-order valence-corrected chi connectivity index (χ1v) is 7.48. The summed E-state index contributed by atoms with van der Waals surface area (Å²) in [5.41, 5.74) is 2.76. The van der Waals surface area contributed by atoms with Crippen LogP contribution in [0, 0.1) is 13.8 Å². The number of rotatable bonds is 4. The molecule has 110 valence electrons. The van der Waals surface area contributed by atoms with E-state index < -0.39 is 5.60 Å². The molecule has 0 bridgehead atoms. The van der Waals surface area contributed by atoms with Crippen LogP contribution in [0.4, 0.5) is 0 Å². The van der Waals surface area contributed by atoms with Crippen molar-refractivity contribution in [2.75, 3.05) is 0 Å². The van der Waals surface area contributed by atoms with Crippen LogP contribution in [0.3, 0.4) is 0 Å². The third-order valence-electron chi connectivity index (χ3n) is 4.15. The summed E-state index contributed by atoms with van der Waals surface area (Å²) in [6.07, 6.45) is 3.77. The van der Waals surface area contributed by atoms with Gasteiger partial charge < -0.3 is 10.4 Å². The second-order valence-corrected chi connectivity index (χ2v) is 6.32. The minimum absolute atomic E-state index is 0.0221. The Morgan fingerprint density at radius 2 is 1.80 bits per heavy atom. The zero-order chi connectivity index (χ0) is 14.8. The molecule has 3 nitrogen and oxygen atoms in total. The molecule has 1 aromatic carbocycles. The molecule has 20 heavy (non-hydrogen) atoms. The molecular formula is C17H25NO2. The third-order valence-corrected chi connectivity index (χ3v) is 4.15. The van der Waals surface area contributed by atoms with Crippen LogP contribution < -0.4 is 5.32 Å². The van der Waals surface area contributed by atoms with Gasteiger partial charge in [-0.25, -0.2) is 0 Å². The topological polar surface area (TPSA) is 49.3 Å². The SMILES string of the molecule is Cc1cc(C)cc(C(C)NC(=O)CC2(O)CCCC2)c1. The van der Waals surface area contributed by atoms with Crippen molar-refractivity contribution >= 4 is 5.91 Å². The fourth-order valence-corrected chi connectivity index (χ4v) is 3.14. The van der Waals surface area contributed by atoms with Crippen molar-refractivity contribution in [3.05, 3.63) is 34.9 Å². The van der Waals surface area contributed by atoms with Gasteiger partial charge >= 0.3 is 0 Å². The zero-order valence-electron chi connectivity index (χ0n) is 12.7. The molecule has 1 aliphatic carbocycles. The summed E-state index contributed by atoms with van der Waals surface area (Å²) in [5, 5.41) is 13.3. The molecule has 0 heterocycles. The molecule has 2 N–H and O–H groups in total. The van der Waals surface area contributed by atoms with Gasteiger partial charge in [0.25, 0.3) is 0 Å². The van der Waals surface area contributed by atoms with Crippen LogP contribution in [0.5, 0.6) is 0 Å². The van der Waals surface area contributed by atoms with Crippen molar-refractivity contribution < 1.29 is 9.90 Å². The van der Waals surface area contributed by atoms with Crippen molar-refractivity contribution in [1.82, 2.24) is 5.32 Å². The van der Waals surface area contributed by atoms with E-state index >= 15 is 0 Å². The van der Waals surface area contributed by atoms with Crippen LogP contribution in [0.1, 0.15) is 61.8 Å². The molecule has 1 atom stereocenters. The van der Waals surface area contributed by atoms with Gasteiger partial charge in [0.15, 0.2) is 0 Å². The van der Waals surface area contributed by atoms with Crippen LogP contribution >= 0.6 is 0 Å². The summed E-state index contributed by atoms with van der Waals surface area (Å²) in [6, 6.07) is 6.30. The Kier molecular flexibility index (Phi) is 4.48. The average molecular weight is 275 g/mol. The van der Waals surface area contributed by atoms with Gasteiger partial charge in [-0.3, -0.25) is 4.79 Å². The number of carbonyl (C=O) groups excluding carboxylic acids is 1. The summed E-state index contributed by atoms with van der Waals surface area (Å²) >= 11 is 0. The monoisotopic (exact) mass is 275 g/mol. The molecule has 1 fully saturated rings. The summed E-state index contributed by atoms with van der Waals surface area (Å²) in [6.45, 7) is 6.11. The Bertz CT molecular complexity index is 470. The molecule has 0 aromatic heterocycles. The maximum absolute atomic E-state index is 12.1. The molecule has 1 aliphatic rings. The molecule has 0 spiro atoms. The fourth-order valence-electron chi connectivity index (χ4n) is 3.14. The number of aliphatic hydroxyl groups is 1. The van der Waals surface area contributed by atoms with E-state index in [0.717, 1.165) is 31.2 Å². The molecule has 0 saturated heterocycles. The van der Waals surface area contributed by atoms with Gasteiger partial charge in [-0.05, 0) is 39.2 Å². The van der Waals surface area contributed by atoms with Crippen LogP contribution in [0.2, 0.25) is 0 Å². The predicted octanol–water partition coefficient (Wildman–Crippen LogP) is 3.18. The molecule has 3 heteroatoms. The van der Waals surface area contributed by atoms with Gasteiger partial charge in [0.05, 0.1) is 18.1 Å². The van der Waals surface area contributed by atoms with Gasteiger partial charge in [-0.1, -0.05) is 42.2 Å². The highest BCUT2D eigenvalue weighted by Gasteiger charge is 2.33. The molecule has 1 unspecified atom stereocenters. The van der Waals surface area contributed by atoms with Crippen LogP contribution in [0.25, 0.3) is 0 Å². The maximum atomic E-state index is 12.1. The normalized spacial score (nSPS) is 18.8. The molecule has 0 aliphatic heterocycles. The number of carbonyl (C=O) groups is 1. The maximum Gasteiger partial charge on any atom is 0.223 e. The minimum atomic E-state index is -0.772. The third kappa shape index (κ3) is 3.83. The van der Waals surface area contributed by atoms with Crippen molar-refractivity contribution in [2.45, 2.75) is 64.5 Å². The Morgan fingerprint density at radius 3 is 2.35 bits per heavy atom. The van der Waals surface area contributed by atoms with Crippen molar-refractivity contribution in [3.8, 4) is 0 Å². The molecule has 1 aromatic rings. The van der Waals surface area contributed by atoms with Crippen molar-refractivity contribution in [2.24, 2.45) is 0 Å². The van der Waals surface area contributed by atoms with E-state index in [1.807, 2.05) is 6.92 Å². The van der Waals surface area contributed by atoms with Crippen molar-refractivity contribution in [1.29, 1.82) is 0 Å². The van der Waals surface area contributed by atoms with Crippen molar-refractivity contribution in [3.63, 3.8) is 0 Å². The highest BCUT2D eigenvalue weighted by Crippen LogP contribution is 2.32. The molecule has 1 saturated carbocycles. The van der Waals surface area contributed by atoms with E-state index in [0.29, 0.717) is 0 Å². The summed E-state index contributed by atoms with van der Waals surface area (Å²) in [7, 11) is 0. The van der Waals surface area contributed by atoms with Gasteiger partial charge in [0.2, 0.25) is 5.91 Å². The smallest absolute Gasteiger partial charge is 0.223 e. The Labute approximate surface area is 121 Å². The van der Waals surface area contributed by atoms with Gasteiger partial charge in [-0.2, -0.15) is 0 Å². The molecular weight excluding hydrogens is 250 g/mol. The zero-order valence-corrected chi connectivity index (χ0v) is 12.7.